The van der Waals surface area contributed by atoms with E-state index < -0.39 is 0 Å². The Morgan fingerprint density at radius 2 is 1.06 bits per heavy atom. The van der Waals surface area contributed by atoms with Crippen LogP contribution < -0.4 is 0 Å². The molecule has 0 saturated heterocycles. The molecular formula is C29H61NO. The lowest BCUT2D eigenvalue weighted by Gasteiger charge is -2.54. The van der Waals surface area contributed by atoms with Crippen LogP contribution in [0.1, 0.15) is 123 Å². The molecule has 0 aliphatic rings. The van der Waals surface area contributed by atoms with Gasteiger partial charge in [-0.2, -0.15) is 0 Å². The van der Waals surface area contributed by atoms with Gasteiger partial charge in [-0.05, 0) is 102 Å². The maximum Gasteiger partial charge on any atom is 0.0687 e. The van der Waals surface area contributed by atoms with Crippen molar-refractivity contribution in [2.45, 2.75) is 134 Å². The highest BCUT2D eigenvalue weighted by atomic mass is 16.5. The predicted octanol–water partition coefficient (Wildman–Crippen LogP) is 8.69. The van der Waals surface area contributed by atoms with E-state index in [0.29, 0.717) is 11.8 Å². The zero-order valence-electron chi connectivity index (χ0n) is 24.4. The van der Waals surface area contributed by atoms with E-state index in [1.165, 1.54) is 38.8 Å². The van der Waals surface area contributed by atoms with Gasteiger partial charge in [0.15, 0.2) is 0 Å². The van der Waals surface area contributed by atoms with Crippen LogP contribution >= 0.6 is 0 Å². The highest BCUT2D eigenvalue weighted by Crippen LogP contribution is 2.49. The van der Waals surface area contributed by atoms with Crippen molar-refractivity contribution in [1.29, 1.82) is 0 Å². The van der Waals surface area contributed by atoms with Crippen LogP contribution in [0.25, 0.3) is 0 Å². The third kappa shape index (κ3) is 9.00. The third-order valence-electron chi connectivity index (χ3n) is 9.47. The second kappa shape index (κ2) is 11.9. The third-order valence-corrected chi connectivity index (χ3v) is 9.47. The SMILES string of the molecule is CC(C)CCN(C)CCC(C)CCC(C)C(C)(C)C(C)(C)OC(C)(C)C(C)(C)C(C)C. The summed E-state index contributed by atoms with van der Waals surface area (Å²) in [5.74, 6) is 2.75. The van der Waals surface area contributed by atoms with Gasteiger partial charge in [-0.25, -0.2) is 0 Å². The molecule has 188 valence electrons. The summed E-state index contributed by atoms with van der Waals surface area (Å²) in [5.41, 5.74) is -0.164. The van der Waals surface area contributed by atoms with Crippen molar-refractivity contribution >= 4 is 0 Å². The first-order valence-corrected chi connectivity index (χ1v) is 13.2. The molecule has 0 aromatic rings. The van der Waals surface area contributed by atoms with E-state index in [0.717, 1.165) is 11.8 Å². The monoisotopic (exact) mass is 439 g/mol. The Morgan fingerprint density at radius 1 is 0.613 bits per heavy atom. The van der Waals surface area contributed by atoms with E-state index >= 15 is 0 Å². The minimum atomic E-state index is -0.192. The molecule has 0 saturated carbocycles. The van der Waals surface area contributed by atoms with Crippen LogP contribution in [0.15, 0.2) is 0 Å². The lowest BCUT2D eigenvalue weighted by Crippen LogP contribution is -2.55. The average Bonchev–Trinajstić information content (AvgIpc) is 2.61. The zero-order valence-corrected chi connectivity index (χ0v) is 24.4. The molecule has 0 heterocycles. The van der Waals surface area contributed by atoms with Crippen LogP contribution in [-0.4, -0.2) is 36.2 Å². The molecule has 0 spiro atoms. The van der Waals surface area contributed by atoms with Gasteiger partial charge in [0.2, 0.25) is 0 Å². The first-order valence-electron chi connectivity index (χ1n) is 13.2. The molecule has 2 unspecified atom stereocenters. The van der Waals surface area contributed by atoms with Gasteiger partial charge >= 0.3 is 0 Å². The molecule has 0 aliphatic carbocycles. The van der Waals surface area contributed by atoms with Crippen molar-refractivity contribution in [2.24, 2.45) is 34.5 Å². The summed E-state index contributed by atoms with van der Waals surface area (Å²) in [6.07, 6.45) is 5.18. The molecule has 0 rings (SSSR count). The maximum absolute atomic E-state index is 6.96. The Hall–Kier alpha value is -0.0800. The van der Waals surface area contributed by atoms with Crippen LogP contribution in [0.2, 0.25) is 0 Å². The molecule has 31 heavy (non-hydrogen) atoms. The first kappa shape index (κ1) is 30.9. The molecule has 0 aromatic carbocycles. The molecular weight excluding hydrogens is 378 g/mol. The molecule has 2 heteroatoms. The van der Waals surface area contributed by atoms with Crippen molar-refractivity contribution in [3.05, 3.63) is 0 Å². The zero-order chi connectivity index (χ0) is 24.8. The topological polar surface area (TPSA) is 12.5 Å². The summed E-state index contributed by atoms with van der Waals surface area (Å²) in [6.45, 7) is 35.3. The summed E-state index contributed by atoms with van der Waals surface area (Å²) in [6, 6.07) is 0. The number of rotatable bonds is 15. The Morgan fingerprint density at radius 3 is 1.52 bits per heavy atom. The van der Waals surface area contributed by atoms with Crippen molar-refractivity contribution < 1.29 is 4.74 Å². The maximum atomic E-state index is 6.96. The van der Waals surface area contributed by atoms with E-state index in [9.17, 15) is 0 Å². The Labute approximate surface area is 198 Å². The number of hydrogen-bond donors (Lipinski definition) is 0. The molecule has 2 atom stereocenters. The van der Waals surface area contributed by atoms with Crippen LogP contribution in [-0.2, 0) is 4.74 Å². The molecule has 0 N–H and O–H groups in total. The lowest BCUT2D eigenvalue weighted by atomic mass is 9.64. The average molecular weight is 440 g/mol. The smallest absolute Gasteiger partial charge is 0.0687 e. The highest BCUT2D eigenvalue weighted by Gasteiger charge is 2.49. The fourth-order valence-electron chi connectivity index (χ4n) is 4.26. The first-order chi connectivity index (χ1) is 13.8. The minimum Gasteiger partial charge on any atom is -0.369 e. The quantitative estimate of drug-likeness (QED) is 0.253. The van der Waals surface area contributed by atoms with E-state index in [1.54, 1.807) is 0 Å². The van der Waals surface area contributed by atoms with Crippen molar-refractivity contribution in [3.63, 3.8) is 0 Å². The molecule has 0 radical (unpaired) electrons. The van der Waals surface area contributed by atoms with Crippen molar-refractivity contribution in [1.82, 2.24) is 4.90 Å². The van der Waals surface area contributed by atoms with Crippen LogP contribution in [0, 0.1) is 34.5 Å². The molecule has 0 fully saturated rings. The number of nitrogens with zero attached hydrogens (tertiary/aromatic N) is 1. The number of ether oxygens (including phenoxy) is 1. The van der Waals surface area contributed by atoms with Gasteiger partial charge in [0, 0.05) is 0 Å². The summed E-state index contributed by atoms with van der Waals surface area (Å²) in [5, 5.41) is 0. The summed E-state index contributed by atoms with van der Waals surface area (Å²) in [7, 11) is 2.28. The molecule has 0 aliphatic heterocycles. The predicted molar refractivity (Wildman–Crippen MR) is 141 cm³/mol. The summed E-state index contributed by atoms with van der Waals surface area (Å²) in [4.78, 5) is 2.51. The van der Waals surface area contributed by atoms with E-state index in [-0.39, 0.29) is 22.0 Å². The van der Waals surface area contributed by atoms with Crippen molar-refractivity contribution in [2.75, 3.05) is 20.1 Å². The van der Waals surface area contributed by atoms with Crippen LogP contribution in [0.3, 0.4) is 0 Å². The van der Waals surface area contributed by atoms with Gasteiger partial charge in [0.1, 0.15) is 0 Å². The molecule has 0 amide bonds. The second-order valence-corrected chi connectivity index (χ2v) is 13.6. The standard InChI is InChI=1S/C29H61NO/c1-22(2)18-20-30(15)21-19-24(5)16-17-25(6)27(9,10)29(13,14)31-28(11,12)26(7,8)23(3)4/h22-25H,16-21H2,1-15H3. The van der Waals surface area contributed by atoms with Crippen LogP contribution in [0.4, 0.5) is 0 Å². The normalized spacial score (nSPS) is 16.5. The fraction of sp³-hybridized carbons (Fsp3) is 1.00. The molecule has 0 bridgehead atoms. The molecule has 2 nitrogen and oxygen atoms in total. The Balaban J connectivity index is 4.88. The van der Waals surface area contributed by atoms with E-state index in [2.05, 4.69) is 109 Å². The second-order valence-electron chi connectivity index (χ2n) is 13.6. The van der Waals surface area contributed by atoms with Gasteiger partial charge in [-0.3, -0.25) is 0 Å². The Kier molecular flexibility index (Phi) is 11.8. The van der Waals surface area contributed by atoms with Gasteiger partial charge in [-0.1, -0.05) is 75.7 Å². The van der Waals surface area contributed by atoms with Gasteiger partial charge in [-0.15, -0.1) is 0 Å². The fourth-order valence-corrected chi connectivity index (χ4v) is 4.26. The minimum absolute atomic E-state index is 0.102. The van der Waals surface area contributed by atoms with Crippen LogP contribution in [0.5, 0.6) is 0 Å². The van der Waals surface area contributed by atoms with Gasteiger partial charge < -0.3 is 9.64 Å². The van der Waals surface area contributed by atoms with Gasteiger partial charge in [0.25, 0.3) is 0 Å². The largest absolute Gasteiger partial charge is 0.369 e. The van der Waals surface area contributed by atoms with E-state index in [4.69, 9.17) is 4.74 Å². The molecule has 0 aromatic heterocycles. The van der Waals surface area contributed by atoms with Crippen molar-refractivity contribution in [3.8, 4) is 0 Å². The Bertz CT molecular complexity index is 501. The van der Waals surface area contributed by atoms with E-state index in [1.807, 2.05) is 0 Å². The number of hydrogen-bond acceptors (Lipinski definition) is 2. The lowest BCUT2D eigenvalue weighted by molar-refractivity contribution is -0.230. The summed E-state index contributed by atoms with van der Waals surface area (Å²) < 4.78 is 6.96. The highest BCUT2D eigenvalue weighted by molar-refractivity contribution is 4.97. The summed E-state index contributed by atoms with van der Waals surface area (Å²) >= 11 is 0. The van der Waals surface area contributed by atoms with Gasteiger partial charge in [0.05, 0.1) is 11.2 Å².